The number of amides is 7. The van der Waals surface area contributed by atoms with Crippen molar-refractivity contribution in [3.63, 3.8) is 0 Å². The number of anilines is 1. The highest BCUT2D eigenvalue weighted by Crippen LogP contribution is 2.49. The van der Waals surface area contributed by atoms with Crippen LogP contribution in [0.1, 0.15) is 92.1 Å². The molecule has 4 bridgehead atoms. The number of unbranched alkanes of at least 4 members (excludes halogenated alkanes) is 2. The summed E-state index contributed by atoms with van der Waals surface area (Å²) in [5.74, 6) is -1.15. The predicted octanol–water partition coefficient (Wildman–Crippen LogP) is 6.58. The summed E-state index contributed by atoms with van der Waals surface area (Å²) in [6.45, 7) is 19.6. The molecular formula is C55H80BrClN8O13. The zero-order valence-corrected chi connectivity index (χ0v) is 48.6. The molecule has 2 fully saturated rings. The van der Waals surface area contributed by atoms with Crippen LogP contribution in [0.15, 0.2) is 84.5 Å². The summed E-state index contributed by atoms with van der Waals surface area (Å²) in [6, 6.07) is 1.18. The van der Waals surface area contributed by atoms with E-state index in [1.54, 1.807) is 52.1 Å². The van der Waals surface area contributed by atoms with Crippen molar-refractivity contribution in [3.05, 3.63) is 95.1 Å². The molecule has 0 spiro atoms. The molecule has 23 heteroatoms. The molecule has 0 radical (unpaired) electrons. The van der Waals surface area contributed by atoms with E-state index in [4.69, 9.17) is 45.8 Å². The minimum Gasteiger partial charge on any atom is -0.498 e. The highest BCUT2D eigenvalue weighted by molar-refractivity contribution is 9.09. The minimum absolute atomic E-state index is 0.100. The standard InChI is InChI=1S/C55H80BrClN8O13/c1-12-38(62-49(67)39(19-17-24-60-51(58)69)63-50(68)47(32(2)3)59-23-14-13-15-25-75-35(6)31-56)22-21-34(5)61-52(70)77-44-29-45(66)65(9)40-27-37(28-41(73-10)46(40)57)26-33(4)18-16-20-43(74-11)55(72)30-42(76-53(71)64-55)36(7)48-54(44,8)78-48/h12,16,18,20-22,27-28,32,36,39,42-44,47-48,59,72H,1,6,13-15,17,19,23-26,29-31H2,2-5,7-11H3,(H,61,70)(H,62,67)(H,63,68)(H,64,71)(H3,58,60,69)/b20-16+,33-18+,34-21+,38-22+/t36-,39+,42+,43-,44+,47+,48+,54+,55+/m1/s1. The fourth-order valence-electron chi connectivity index (χ4n) is 9.17. The Labute approximate surface area is 471 Å². The lowest BCUT2D eigenvalue weighted by molar-refractivity contribution is -0.142. The molecule has 0 aromatic heterocycles. The number of aliphatic hydroxyl groups is 1. The number of hydrogen-bond donors (Lipinski definition) is 8. The van der Waals surface area contributed by atoms with E-state index in [-0.39, 0.29) is 54.0 Å². The molecule has 3 heterocycles. The highest BCUT2D eigenvalue weighted by Gasteiger charge is 2.64. The molecule has 78 heavy (non-hydrogen) atoms. The first-order valence-corrected chi connectivity index (χ1v) is 27.5. The van der Waals surface area contributed by atoms with Crippen LogP contribution in [0.4, 0.5) is 20.1 Å². The zero-order chi connectivity index (χ0) is 57.9. The molecule has 0 aliphatic carbocycles. The third kappa shape index (κ3) is 18.9. The van der Waals surface area contributed by atoms with Gasteiger partial charge < -0.3 is 65.4 Å². The number of nitrogens with two attached hydrogens (primary N) is 1. The van der Waals surface area contributed by atoms with E-state index in [1.807, 2.05) is 26.8 Å². The number of alkyl carbamates (subject to hydrolysis) is 2. The second-order valence-electron chi connectivity index (χ2n) is 20.2. The number of allylic oxidation sites excluding steroid dienone is 8. The maximum absolute atomic E-state index is 14.4. The smallest absolute Gasteiger partial charge is 0.411 e. The first-order chi connectivity index (χ1) is 36.9. The van der Waals surface area contributed by atoms with E-state index in [9.17, 15) is 33.9 Å². The van der Waals surface area contributed by atoms with Gasteiger partial charge in [-0.15, -0.1) is 0 Å². The molecular weight excluding hydrogens is 1100 g/mol. The molecule has 0 saturated carbocycles. The zero-order valence-electron chi connectivity index (χ0n) is 46.3. The Bertz CT molecular complexity index is 2450. The van der Waals surface area contributed by atoms with Gasteiger partial charge in [0.05, 0.1) is 49.1 Å². The van der Waals surface area contributed by atoms with E-state index in [0.29, 0.717) is 48.5 Å². The van der Waals surface area contributed by atoms with Crippen molar-refractivity contribution in [2.75, 3.05) is 51.2 Å². The SMILES string of the molecule is C=C/C(=C\C=C(/C)NC(=O)O[C@H]1CC(=O)N(C)c2cc(cc(OC)c2Cl)C/C(C)=C/C=C/[C@@H](OC)[C@@]2(O)C[C@H](OC(=O)N2)[C@@H](C)[C@@H]2O[C@@]12C)NC(=O)[C@H](CCCNC(N)=O)NC(=O)[C@@H](NCCCCCOC(=C)CBr)C(C)C. The van der Waals surface area contributed by atoms with Crippen LogP contribution in [0.25, 0.3) is 0 Å². The van der Waals surface area contributed by atoms with Crippen LogP contribution < -0.4 is 47.3 Å². The van der Waals surface area contributed by atoms with Gasteiger partial charge in [-0.05, 0) is 108 Å². The Balaban J connectivity index is 1.56. The lowest BCUT2D eigenvalue weighted by atomic mass is 9.83. The van der Waals surface area contributed by atoms with Crippen LogP contribution in [0.5, 0.6) is 5.75 Å². The number of methoxy groups -OCH3 is 2. The molecule has 432 valence electrons. The number of nitrogens with zero attached hydrogens (tertiary/aromatic N) is 1. The fraction of sp³-hybridized carbons (Fsp3) is 0.564. The number of epoxide rings is 1. The van der Waals surface area contributed by atoms with Gasteiger partial charge >= 0.3 is 18.2 Å². The summed E-state index contributed by atoms with van der Waals surface area (Å²) in [5, 5.41) is 29.3. The van der Waals surface area contributed by atoms with E-state index < -0.39 is 83.8 Å². The molecule has 9 N–H and O–H groups in total. The number of alkyl halides is 1. The van der Waals surface area contributed by atoms with Crippen molar-refractivity contribution >= 4 is 69.2 Å². The third-order valence-electron chi connectivity index (χ3n) is 13.7. The van der Waals surface area contributed by atoms with Crippen molar-refractivity contribution in [2.24, 2.45) is 17.6 Å². The Kier molecular flexibility index (Phi) is 25.2. The summed E-state index contributed by atoms with van der Waals surface area (Å²) >= 11 is 10.1. The van der Waals surface area contributed by atoms with Crippen molar-refractivity contribution in [2.45, 2.75) is 141 Å². The molecule has 7 amide bonds. The van der Waals surface area contributed by atoms with E-state index in [1.165, 1.54) is 37.3 Å². The second kappa shape index (κ2) is 30.5. The average molecular weight is 1180 g/mol. The Morgan fingerprint density at radius 2 is 1.82 bits per heavy atom. The maximum Gasteiger partial charge on any atom is 0.411 e. The van der Waals surface area contributed by atoms with Crippen LogP contribution >= 0.6 is 27.5 Å². The average Bonchev–Trinajstić information content (AvgIpc) is 4.11. The first kappa shape index (κ1) is 64.6. The summed E-state index contributed by atoms with van der Waals surface area (Å²) < 4.78 is 34.9. The Hall–Kier alpha value is -5.91. The number of fused-ring (bicyclic) bond motifs is 5. The number of hydrogen-bond acceptors (Lipinski definition) is 14. The molecule has 3 aliphatic rings. The molecule has 3 aliphatic heterocycles. The number of primary amides is 1. The predicted molar refractivity (Wildman–Crippen MR) is 301 cm³/mol. The fourth-order valence-corrected chi connectivity index (χ4v) is 9.64. The summed E-state index contributed by atoms with van der Waals surface area (Å²) in [5.41, 5.74) is 4.56. The van der Waals surface area contributed by atoms with Gasteiger partial charge in [0.15, 0.2) is 5.72 Å². The summed E-state index contributed by atoms with van der Waals surface area (Å²) in [4.78, 5) is 81.6. The number of nitrogens with one attached hydrogen (secondary N) is 6. The Morgan fingerprint density at radius 3 is 2.47 bits per heavy atom. The summed E-state index contributed by atoms with van der Waals surface area (Å²) in [7, 11) is 4.43. The van der Waals surface area contributed by atoms with Gasteiger partial charge in [-0.1, -0.05) is 85.3 Å². The van der Waals surface area contributed by atoms with Gasteiger partial charge in [0.25, 0.3) is 0 Å². The summed E-state index contributed by atoms with van der Waals surface area (Å²) in [6.07, 6.45) is 6.75. The van der Waals surface area contributed by atoms with Crippen molar-refractivity contribution in [1.29, 1.82) is 0 Å². The van der Waals surface area contributed by atoms with E-state index in [2.05, 4.69) is 61.0 Å². The van der Waals surface area contributed by atoms with Crippen molar-refractivity contribution in [3.8, 4) is 5.75 Å². The van der Waals surface area contributed by atoms with Gasteiger partial charge in [0, 0.05) is 44.4 Å². The maximum atomic E-state index is 14.4. The number of rotatable bonds is 24. The van der Waals surface area contributed by atoms with Gasteiger partial charge in [-0.2, -0.15) is 0 Å². The molecule has 1 aromatic rings. The number of benzene rings is 1. The van der Waals surface area contributed by atoms with Crippen LogP contribution in [-0.4, -0.2) is 135 Å². The second-order valence-corrected chi connectivity index (χ2v) is 21.2. The minimum atomic E-state index is -1.88. The Morgan fingerprint density at radius 1 is 1.09 bits per heavy atom. The van der Waals surface area contributed by atoms with E-state index >= 15 is 0 Å². The monoisotopic (exact) mass is 1170 g/mol. The lowest BCUT2D eigenvalue weighted by Crippen LogP contribution is -2.63. The first-order valence-electron chi connectivity index (χ1n) is 26.0. The molecule has 4 rings (SSSR count). The number of ether oxygens (including phenoxy) is 6. The van der Waals surface area contributed by atoms with Crippen LogP contribution in [0.3, 0.4) is 0 Å². The number of urea groups is 1. The molecule has 9 atom stereocenters. The lowest BCUT2D eigenvalue weighted by Gasteiger charge is -2.42. The number of carbonyl (C=O) groups excluding carboxylic acids is 6. The van der Waals surface area contributed by atoms with Crippen molar-refractivity contribution in [1.82, 2.24) is 31.9 Å². The van der Waals surface area contributed by atoms with Crippen LogP contribution in [0.2, 0.25) is 5.02 Å². The molecule has 0 unspecified atom stereocenters. The molecule has 21 nitrogen and oxygen atoms in total. The van der Waals surface area contributed by atoms with Gasteiger partial charge in [-0.3, -0.25) is 25.0 Å². The van der Waals surface area contributed by atoms with Crippen molar-refractivity contribution < 1.29 is 62.3 Å². The van der Waals surface area contributed by atoms with Gasteiger partial charge in [0.2, 0.25) is 17.7 Å². The van der Waals surface area contributed by atoms with Crippen LogP contribution in [0, 0.1) is 11.8 Å². The van der Waals surface area contributed by atoms with Crippen LogP contribution in [-0.2, 0) is 44.5 Å². The normalized spacial score (nSPS) is 25.6. The van der Waals surface area contributed by atoms with Gasteiger partial charge in [-0.25, -0.2) is 14.4 Å². The van der Waals surface area contributed by atoms with Gasteiger partial charge in [0.1, 0.15) is 40.7 Å². The third-order valence-corrected chi connectivity index (χ3v) is 14.7. The highest BCUT2D eigenvalue weighted by atomic mass is 79.9. The molecule has 1 aromatic carbocycles. The number of carbonyl (C=O) groups is 6. The molecule has 2 saturated heterocycles. The number of halogens is 2. The largest absolute Gasteiger partial charge is 0.498 e. The van der Waals surface area contributed by atoms with E-state index in [0.717, 1.165) is 30.4 Å². The quantitative estimate of drug-likeness (QED) is 0.0178. The topological polar surface area (TPSA) is 283 Å².